The van der Waals surface area contributed by atoms with Crippen molar-refractivity contribution in [3.05, 3.63) is 10.6 Å². The van der Waals surface area contributed by atoms with Crippen molar-refractivity contribution >= 4 is 22.4 Å². The fourth-order valence-electron chi connectivity index (χ4n) is 1.88. The monoisotopic (exact) mass is 240 g/mol. The van der Waals surface area contributed by atoms with Gasteiger partial charge in [-0.3, -0.25) is 10.1 Å². The number of fused-ring (bicyclic) bond motifs is 1. The summed E-state index contributed by atoms with van der Waals surface area (Å²) in [6.07, 6.45) is 3.32. The first-order chi connectivity index (χ1) is 7.69. The molecule has 1 N–H and O–H groups in total. The predicted octanol–water partition coefficient (Wildman–Crippen LogP) is 1.85. The van der Waals surface area contributed by atoms with E-state index < -0.39 is 0 Å². The molecule has 0 fully saturated rings. The first kappa shape index (κ1) is 11.5. The third kappa shape index (κ3) is 2.59. The van der Waals surface area contributed by atoms with E-state index in [0.29, 0.717) is 5.13 Å². The molecule has 1 aromatic rings. The van der Waals surface area contributed by atoms with Gasteiger partial charge in [0.15, 0.2) is 5.13 Å². The van der Waals surface area contributed by atoms with Gasteiger partial charge in [0.05, 0.1) is 5.69 Å². The lowest BCUT2D eigenvalue weighted by atomic mass is 9.93. The lowest BCUT2D eigenvalue weighted by molar-refractivity contribution is -0.119. The van der Waals surface area contributed by atoms with Gasteiger partial charge in [-0.05, 0) is 25.2 Å². The molecule has 0 saturated carbocycles. The number of amides is 1. The molecule has 0 radical (unpaired) electrons. The number of carbonyl (C=O) groups excluding carboxylic acids is 1. The van der Waals surface area contributed by atoms with Gasteiger partial charge in [-0.15, -0.1) is 11.3 Å². The Morgan fingerprint density at radius 2 is 2.50 bits per heavy atom. The minimum absolute atomic E-state index is 0.0840. The summed E-state index contributed by atoms with van der Waals surface area (Å²) >= 11 is 1.59. The maximum absolute atomic E-state index is 11.3. The summed E-state index contributed by atoms with van der Waals surface area (Å²) < 4.78 is 4.76. The Kier molecular flexibility index (Phi) is 3.56. The topological polar surface area (TPSA) is 51.2 Å². The van der Waals surface area contributed by atoms with Crippen LogP contribution in [0.1, 0.15) is 23.9 Å². The number of methoxy groups -OCH3 is 1. The molecule has 1 aliphatic carbocycles. The van der Waals surface area contributed by atoms with E-state index in [1.807, 2.05) is 0 Å². The molecule has 0 aromatic carbocycles. The van der Waals surface area contributed by atoms with E-state index in [4.69, 9.17) is 4.74 Å². The van der Waals surface area contributed by atoms with Crippen LogP contribution in [0.3, 0.4) is 0 Å². The van der Waals surface area contributed by atoms with Gasteiger partial charge < -0.3 is 4.74 Å². The molecule has 1 heterocycles. The smallest absolute Gasteiger partial charge is 0.252 e. The number of thiazole rings is 1. The number of nitrogens with zero attached hydrogens (tertiary/aromatic N) is 1. The quantitative estimate of drug-likeness (QED) is 0.877. The number of nitrogens with one attached hydrogen (secondary N) is 1. The van der Waals surface area contributed by atoms with Crippen LogP contribution in [-0.4, -0.2) is 24.6 Å². The van der Waals surface area contributed by atoms with E-state index in [0.717, 1.165) is 24.5 Å². The lowest BCUT2D eigenvalue weighted by Crippen LogP contribution is -2.16. The molecule has 1 aromatic heterocycles. The highest BCUT2D eigenvalue weighted by molar-refractivity contribution is 7.15. The zero-order valence-electron chi connectivity index (χ0n) is 9.58. The van der Waals surface area contributed by atoms with Gasteiger partial charge in [0, 0.05) is 12.0 Å². The minimum Gasteiger partial charge on any atom is -0.375 e. The summed E-state index contributed by atoms with van der Waals surface area (Å²) in [5, 5.41) is 3.47. The van der Waals surface area contributed by atoms with Crippen LogP contribution in [0.25, 0.3) is 0 Å². The maximum Gasteiger partial charge on any atom is 0.252 e. The summed E-state index contributed by atoms with van der Waals surface area (Å²) in [4.78, 5) is 17.1. The van der Waals surface area contributed by atoms with Crippen LogP contribution in [0.4, 0.5) is 5.13 Å². The molecule has 1 aliphatic rings. The van der Waals surface area contributed by atoms with Gasteiger partial charge in [-0.1, -0.05) is 6.92 Å². The number of anilines is 1. The molecule has 16 heavy (non-hydrogen) atoms. The fourth-order valence-corrected chi connectivity index (χ4v) is 3.07. The van der Waals surface area contributed by atoms with Crippen LogP contribution < -0.4 is 5.32 Å². The van der Waals surface area contributed by atoms with E-state index in [2.05, 4.69) is 17.2 Å². The van der Waals surface area contributed by atoms with E-state index in [1.54, 1.807) is 11.3 Å². The van der Waals surface area contributed by atoms with Crippen LogP contribution in [0.2, 0.25) is 0 Å². The van der Waals surface area contributed by atoms with Crippen molar-refractivity contribution in [3.63, 3.8) is 0 Å². The third-order valence-corrected chi connectivity index (χ3v) is 3.74. The summed E-state index contributed by atoms with van der Waals surface area (Å²) in [6.45, 7) is 2.34. The Morgan fingerprint density at radius 3 is 3.25 bits per heavy atom. The highest BCUT2D eigenvalue weighted by Gasteiger charge is 2.20. The summed E-state index contributed by atoms with van der Waals surface area (Å²) in [7, 11) is 1.51. The second-order valence-electron chi connectivity index (χ2n) is 4.22. The van der Waals surface area contributed by atoms with Crippen molar-refractivity contribution in [1.82, 2.24) is 4.98 Å². The Bertz CT molecular complexity index is 389. The number of hydrogen-bond donors (Lipinski definition) is 1. The van der Waals surface area contributed by atoms with Crippen LogP contribution in [-0.2, 0) is 22.4 Å². The molecule has 1 unspecified atom stereocenters. The molecular weight excluding hydrogens is 224 g/mol. The third-order valence-electron chi connectivity index (χ3n) is 2.71. The normalized spacial score (nSPS) is 19.2. The Morgan fingerprint density at radius 1 is 1.69 bits per heavy atom. The highest BCUT2D eigenvalue weighted by atomic mass is 32.1. The highest BCUT2D eigenvalue weighted by Crippen LogP contribution is 2.31. The summed E-state index contributed by atoms with van der Waals surface area (Å²) in [5.41, 5.74) is 1.16. The first-order valence-electron chi connectivity index (χ1n) is 5.46. The molecule has 0 aliphatic heterocycles. The fraction of sp³-hybridized carbons (Fsp3) is 0.636. The molecule has 2 rings (SSSR count). The van der Waals surface area contributed by atoms with E-state index in [1.165, 1.54) is 18.4 Å². The van der Waals surface area contributed by atoms with Crippen LogP contribution in [0.15, 0.2) is 0 Å². The number of aryl methyl sites for hydroxylation is 1. The minimum atomic E-state index is -0.137. The van der Waals surface area contributed by atoms with Crippen molar-refractivity contribution in [2.75, 3.05) is 19.0 Å². The average Bonchev–Trinajstić information content (AvgIpc) is 2.59. The molecule has 1 atom stereocenters. The number of carbonyl (C=O) groups is 1. The summed E-state index contributed by atoms with van der Waals surface area (Å²) in [6, 6.07) is 0. The van der Waals surface area contributed by atoms with Gasteiger partial charge in [0.25, 0.3) is 5.91 Å². The van der Waals surface area contributed by atoms with Gasteiger partial charge in [-0.2, -0.15) is 0 Å². The Labute approximate surface area is 99.0 Å². The molecule has 4 nitrogen and oxygen atoms in total. The van der Waals surface area contributed by atoms with Crippen LogP contribution in [0, 0.1) is 5.92 Å². The molecule has 88 valence electrons. The van der Waals surface area contributed by atoms with Crippen molar-refractivity contribution in [3.8, 4) is 0 Å². The zero-order chi connectivity index (χ0) is 11.5. The number of aromatic nitrogens is 1. The van der Waals surface area contributed by atoms with Gasteiger partial charge in [0.2, 0.25) is 0 Å². The molecule has 0 spiro atoms. The van der Waals surface area contributed by atoms with Gasteiger partial charge in [-0.25, -0.2) is 4.98 Å². The van der Waals surface area contributed by atoms with Crippen molar-refractivity contribution in [2.45, 2.75) is 26.2 Å². The molecule has 0 bridgehead atoms. The van der Waals surface area contributed by atoms with Gasteiger partial charge >= 0.3 is 0 Å². The standard InChI is InChI=1S/C11H16N2O2S/c1-7-3-4-8-9(5-7)16-11(12-8)13-10(14)6-15-2/h7H,3-6H2,1-2H3,(H,12,13,14). The molecule has 1 amide bonds. The second-order valence-corrected chi connectivity index (χ2v) is 5.30. The number of ether oxygens (including phenoxy) is 1. The summed E-state index contributed by atoms with van der Waals surface area (Å²) in [5.74, 6) is 0.595. The van der Waals surface area contributed by atoms with E-state index in [-0.39, 0.29) is 12.5 Å². The van der Waals surface area contributed by atoms with Crippen molar-refractivity contribution in [2.24, 2.45) is 5.92 Å². The van der Waals surface area contributed by atoms with Crippen molar-refractivity contribution < 1.29 is 9.53 Å². The van der Waals surface area contributed by atoms with Crippen molar-refractivity contribution in [1.29, 1.82) is 0 Å². The maximum atomic E-state index is 11.3. The van der Waals surface area contributed by atoms with Gasteiger partial charge in [0.1, 0.15) is 6.61 Å². The number of hydrogen-bond acceptors (Lipinski definition) is 4. The molecule has 0 saturated heterocycles. The predicted molar refractivity (Wildman–Crippen MR) is 63.8 cm³/mol. The number of rotatable bonds is 3. The Balaban J connectivity index is 2.04. The van der Waals surface area contributed by atoms with E-state index in [9.17, 15) is 4.79 Å². The average molecular weight is 240 g/mol. The SMILES string of the molecule is COCC(=O)Nc1nc2c(s1)CC(C)CC2. The van der Waals surface area contributed by atoms with E-state index >= 15 is 0 Å². The second kappa shape index (κ2) is 4.93. The van der Waals surface area contributed by atoms with Crippen LogP contribution in [0.5, 0.6) is 0 Å². The Hall–Kier alpha value is -0.940. The zero-order valence-corrected chi connectivity index (χ0v) is 10.4. The van der Waals surface area contributed by atoms with Crippen LogP contribution >= 0.6 is 11.3 Å². The molecule has 5 heteroatoms. The largest absolute Gasteiger partial charge is 0.375 e. The lowest BCUT2D eigenvalue weighted by Gasteiger charge is -2.15. The first-order valence-corrected chi connectivity index (χ1v) is 6.28. The molecular formula is C11H16N2O2S.